The molecule has 0 atom stereocenters. The number of rotatable bonds is 4. The zero-order valence-electron chi connectivity index (χ0n) is 9.34. The molecular formula is C12H12N2O2S. The third-order valence-electron chi connectivity index (χ3n) is 2.50. The topological polar surface area (TPSA) is 55.2 Å². The number of hydrogen-bond acceptors (Lipinski definition) is 4. The molecule has 5 heteroatoms. The SMILES string of the molecule is Cc1ccsc1CNc1ccc([N+](=O)[O-])cc1. The van der Waals surface area contributed by atoms with Crippen LogP contribution in [-0.4, -0.2) is 4.92 Å². The van der Waals surface area contributed by atoms with Gasteiger partial charge in [0.1, 0.15) is 0 Å². The molecule has 0 aliphatic rings. The molecule has 0 amide bonds. The van der Waals surface area contributed by atoms with E-state index < -0.39 is 4.92 Å². The van der Waals surface area contributed by atoms with E-state index in [4.69, 9.17) is 0 Å². The standard InChI is InChI=1S/C12H12N2O2S/c1-9-6-7-17-12(9)8-13-10-2-4-11(5-3-10)14(15)16/h2-7,13H,8H2,1H3. The molecule has 1 aromatic heterocycles. The van der Waals surface area contributed by atoms with Crippen LogP contribution in [0.3, 0.4) is 0 Å². The average Bonchev–Trinajstić information content (AvgIpc) is 2.73. The van der Waals surface area contributed by atoms with Gasteiger partial charge in [-0.25, -0.2) is 0 Å². The second-order valence-corrected chi connectivity index (χ2v) is 4.68. The minimum atomic E-state index is -0.396. The summed E-state index contributed by atoms with van der Waals surface area (Å²) in [7, 11) is 0. The van der Waals surface area contributed by atoms with Crippen LogP contribution < -0.4 is 5.32 Å². The van der Waals surface area contributed by atoms with Gasteiger partial charge in [0.25, 0.3) is 5.69 Å². The van der Waals surface area contributed by atoms with Crippen LogP contribution >= 0.6 is 11.3 Å². The molecule has 0 spiro atoms. The van der Waals surface area contributed by atoms with E-state index in [9.17, 15) is 10.1 Å². The van der Waals surface area contributed by atoms with Gasteiger partial charge in [-0.1, -0.05) is 0 Å². The highest BCUT2D eigenvalue weighted by atomic mass is 32.1. The number of nitro groups is 1. The van der Waals surface area contributed by atoms with Crippen molar-refractivity contribution < 1.29 is 4.92 Å². The fourth-order valence-electron chi connectivity index (χ4n) is 1.47. The Morgan fingerprint density at radius 2 is 2.00 bits per heavy atom. The van der Waals surface area contributed by atoms with Gasteiger partial charge in [-0.05, 0) is 36.1 Å². The molecule has 0 aliphatic heterocycles. The molecule has 0 radical (unpaired) electrons. The number of aryl methyl sites for hydroxylation is 1. The maximum absolute atomic E-state index is 10.5. The summed E-state index contributed by atoms with van der Waals surface area (Å²) in [6.45, 7) is 2.82. The summed E-state index contributed by atoms with van der Waals surface area (Å²) >= 11 is 1.71. The third kappa shape index (κ3) is 2.82. The van der Waals surface area contributed by atoms with Crippen LogP contribution in [0.25, 0.3) is 0 Å². The molecule has 2 rings (SSSR count). The zero-order valence-corrected chi connectivity index (χ0v) is 10.2. The summed E-state index contributed by atoms with van der Waals surface area (Å²) < 4.78 is 0. The zero-order chi connectivity index (χ0) is 12.3. The third-order valence-corrected chi connectivity index (χ3v) is 3.52. The highest BCUT2D eigenvalue weighted by molar-refractivity contribution is 7.10. The van der Waals surface area contributed by atoms with Crippen LogP contribution in [0, 0.1) is 17.0 Å². The number of non-ortho nitro benzene ring substituents is 1. The second-order valence-electron chi connectivity index (χ2n) is 3.68. The molecule has 1 heterocycles. The summed E-state index contributed by atoms with van der Waals surface area (Å²) in [5.41, 5.74) is 2.27. The lowest BCUT2D eigenvalue weighted by Crippen LogP contribution is -1.98. The maximum Gasteiger partial charge on any atom is 0.269 e. The fraction of sp³-hybridized carbons (Fsp3) is 0.167. The Morgan fingerprint density at radius 3 is 2.53 bits per heavy atom. The Morgan fingerprint density at radius 1 is 1.29 bits per heavy atom. The van der Waals surface area contributed by atoms with E-state index in [2.05, 4.69) is 23.7 Å². The second kappa shape index (κ2) is 4.97. The Kier molecular flexibility index (Phi) is 3.39. The largest absolute Gasteiger partial charge is 0.380 e. The normalized spacial score (nSPS) is 10.2. The van der Waals surface area contributed by atoms with Crippen LogP contribution in [0.5, 0.6) is 0 Å². The van der Waals surface area contributed by atoms with Crippen molar-refractivity contribution in [1.29, 1.82) is 0 Å². The quantitative estimate of drug-likeness (QED) is 0.664. The van der Waals surface area contributed by atoms with E-state index in [1.165, 1.54) is 22.6 Å². The number of nitrogens with one attached hydrogen (secondary N) is 1. The molecule has 17 heavy (non-hydrogen) atoms. The van der Waals surface area contributed by atoms with Gasteiger partial charge in [-0.15, -0.1) is 11.3 Å². The van der Waals surface area contributed by atoms with E-state index >= 15 is 0 Å². The van der Waals surface area contributed by atoms with Crippen molar-refractivity contribution in [3.05, 3.63) is 56.3 Å². The van der Waals surface area contributed by atoms with Crippen molar-refractivity contribution in [2.75, 3.05) is 5.32 Å². The Labute approximate surface area is 103 Å². The van der Waals surface area contributed by atoms with Gasteiger partial charge >= 0.3 is 0 Å². The number of thiophene rings is 1. The minimum absolute atomic E-state index is 0.114. The maximum atomic E-state index is 10.5. The fourth-order valence-corrected chi connectivity index (χ4v) is 2.31. The van der Waals surface area contributed by atoms with Gasteiger partial charge in [0, 0.05) is 29.2 Å². The number of hydrogen-bond donors (Lipinski definition) is 1. The molecule has 0 fully saturated rings. The molecule has 0 unspecified atom stereocenters. The van der Waals surface area contributed by atoms with Gasteiger partial charge in [0.2, 0.25) is 0 Å². The Hall–Kier alpha value is -1.88. The molecule has 0 saturated carbocycles. The lowest BCUT2D eigenvalue weighted by atomic mass is 10.2. The highest BCUT2D eigenvalue weighted by Gasteiger charge is 2.04. The van der Waals surface area contributed by atoms with Crippen LogP contribution in [0.15, 0.2) is 35.7 Å². The number of benzene rings is 1. The predicted molar refractivity (Wildman–Crippen MR) is 69.5 cm³/mol. The van der Waals surface area contributed by atoms with Crippen LogP contribution in [0.2, 0.25) is 0 Å². The summed E-state index contributed by atoms with van der Waals surface area (Å²) in [5, 5.41) is 15.8. The molecule has 88 valence electrons. The Balaban J connectivity index is 2.00. The van der Waals surface area contributed by atoms with Crippen molar-refractivity contribution in [3.8, 4) is 0 Å². The number of nitrogens with zero attached hydrogens (tertiary/aromatic N) is 1. The summed E-state index contributed by atoms with van der Waals surface area (Å²) in [6, 6.07) is 8.53. The lowest BCUT2D eigenvalue weighted by molar-refractivity contribution is -0.384. The van der Waals surface area contributed by atoms with Gasteiger partial charge < -0.3 is 5.32 Å². The van der Waals surface area contributed by atoms with Gasteiger partial charge in [0.15, 0.2) is 0 Å². The predicted octanol–water partition coefficient (Wildman–Crippen LogP) is 3.58. The van der Waals surface area contributed by atoms with Crippen LogP contribution in [-0.2, 0) is 6.54 Å². The van der Waals surface area contributed by atoms with E-state index in [0.717, 1.165) is 12.2 Å². The van der Waals surface area contributed by atoms with Gasteiger partial charge in [-0.2, -0.15) is 0 Å². The molecule has 1 aromatic carbocycles. The molecule has 0 aliphatic carbocycles. The molecule has 4 nitrogen and oxygen atoms in total. The van der Waals surface area contributed by atoms with E-state index in [1.54, 1.807) is 23.5 Å². The minimum Gasteiger partial charge on any atom is -0.380 e. The van der Waals surface area contributed by atoms with E-state index in [1.807, 2.05) is 0 Å². The first-order valence-corrected chi connectivity index (χ1v) is 6.06. The monoisotopic (exact) mass is 248 g/mol. The summed E-state index contributed by atoms with van der Waals surface area (Å²) in [4.78, 5) is 11.4. The van der Waals surface area contributed by atoms with Crippen molar-refractivity contribution >= 4 is 22.7 Å². The molecule has 0 saturated heterocycles. The van der Waals surface area contributed by atoms with E-state index in [0.29, 0.717) is 0 Å². The van der Waals surface area contributed by atoms with Gasteiger partial charge in [-0.3, -0.25) is 10.1 Å². The number of nitro benzene ring substituents is 1. The smallest absolute Gasteiger partial charge is 0.269 e. The number of anilines is 1. The molecular weight excluding hydrogens is 236 g/mol. The van der Waals surface area contributed by atoms with Gasteiger partial charge in [0.05, 0.1) is 4.92 Å². The first kappa shape index (κ1) is 11.6. The lowest BCUT2D eigenvalue weighted by Gasteiger charge is -2.05. The van der Waals surface area contributed by atoms with Crippen LogP contribution in [0.1, 0.15) is 10.4 Å². The van der Waals surface area contributed by atoms with Crippen molar-refractivity contribution in [3.63, 3.8) is 0 Å². The highest BCUT2D eigenvalue weighted by Crippen LogP contribution is 2.19. The average molecular weight is 248 g/mol. The van der Waals surface area contributed by atoms with Crippen molar-refractivity contribution in [1.82, 2.24) is 0 Å². The first-order chi connectivity index (χ1) is 8.16. The molecule has 2 aromatic rings. The summed E-state index contributed by atoms with van der Waals surface area (Å²) in [6.07, 6.45) is 0. The Bertz CT molecular complexity index is 520. The van der Waals surface area contributed by atoms with Crippen molar-refractivity contribution in [2.45, 2.75) is 13.5 Å². The molecule has 1 N–H and O–H groups in total. The van der Waals surface area contributed by atoms with E-state index in [-0.39, 0.29) is 5.69 Å². The molecule has 0 bridgehead atoms. The van der Waals surface area contributed by atoms with Crippen molar-refractivity contribution in [2.24, 2.45) is 0 Å². The summed E-state index contributed by atoms with van der Waals surface area (Å²) in [5.74, 6) is 0. The van der Waals surface area contributed by atoms with Crippen LogP contribution in [0.4, 0.5) is 11.4 Å². The first-order valence-electron chi connectivity index (χ1n) is 5.18.